The Balaban J connectivity index is 2.24. The lowest BCUT2D eigenvalue weighted by Gasteiger charge is -2.09. The maximum Gasteiger partial charge on any atom is 0.340 e. The number of para-hydroxylation sites is 1. The second-order valence-electron chi connectivity index (χ2n) is 4.11. The van der Waals surface area contributed by atoms with E-state index in [2.05, 4.69) is 5.32 Å². The summed E-state index contributed by atoms with van der Waals surface area (Å²) in [5.41, 5.74) is 1.17. The van der Waals surface area contributed by atoms with Gasteiger partial charge in [-0.15, -0.1) is 0 Å². The summed E-state index contributed by atoms with van der Waals surface area (Å²) in [6, 6.07) is 8.29. The van der Waals surface area contributed by atoms with E-state index in [9.17, 15) is 9.59 Å². The van der Waals surface area contributed by atoms with E-state index in [1.165, 1.54) is 6.26 Å². The van der Waals surface area contributed by atoms with Crippen LogP contribution in [-0.2, 0) is 4.74 Å². The molecule has 0 aliphatic rings. The number of aryl methyl sites for hydroxylation is 1. The number of anilines is 1. The van der Waals surface area contributed by atoms with E-state index in [4.69, 9.17) is 9.15 Å². The highest BCUT2D eigenvalue weighted by Crippen LogP contribution is 2.18. The maximum atomic E-state index is 12.1. The topological polar surface area (TPSA) is 68.5 Å². The molecule has 1 N–H and O–H groups in total. The lowest BCUT2D eigenvalue weighted by atomic mass is 10.1. The molecule has 20 heavy (non-hydrogen) atoms. The zero-order valence-corrected chi connectivity index (χ0v) is 11.3. The number of nitrogens with one attached hydrogen (secondary N) is 1. The van der Waals surface area contributed by atoms with E-state index >= 15 is 0 Å². The van der Waals surface area contributed by atoms with Gasteiger partial charge in [-0.3, -0.25) is 4.79 Å². The molecule has 1 amide bonds. The largest absolute Gasteiger partial charge is 0.469 e. The van der Waals surface area contributed by atoms with E-state index in [1.807, 2.05) is 0 Å². The third kappa shape index (κ3) is 2.88. The molecule has 0 aliphatic carbocycles. The highest BCUT2D eigenvalue weighted by molar-refractivity contribution is 6.08. The van der Waals surface area contributed by atoms with Gasteiger partial charge in [0.25, 0.3) is 5.91 Å². The molecule has 0 saturated carbocycles. The molecule has 0 atom stereocenters. The molecule has 0 radical (unpaired) electrons. The fraction of sp³-hybridized carbons (Fsp3) is 0.200. The first kappa shape index (κ1) is 13.9. The zero-order chi connectivity index (χ0) is 14.5. The summed E-state index contributed by atoms with van der Waals surface area (Å²) in [6.45, 7) is 3.71. The molecule has 2 rings (SSSR count). The minimum absolute atomic E-state index is 0.280. The van der Waals surface area contributed by atoms with E-state index < -0.39 is 5.97 Å². The van der Waals surface area contributed by atoms with Crippen molar-refractivity contribution in [3.8, 4) is 0 Å². The Morgan fingerprint density at radius 3 is 2.60 bits per heavy atom. The number of carbonyl (C=O) groups excluding carboxylic acids is 2. The lowest BCUT2D eigenvalue weighted by molar-refractivity contribution is 0.0527. The van der Waals surface area contributed by atoms with Crippen molar-refractivity contribution in [3.05, 3.63) is 53.5 Å². The minimum Gasteiger partial charge on any atom is -0.469 e. The smallest absolute Gasteiger partial charge is 0.340 e. The van der Waals surface area contributed by atoms with Crippen LogP contribution in [-0.4, -0.2) is 18.5 Å². The fourth-order valence-corrected chi connectivity index (χ4v) is 1.79. The van der Waals surface area contributed by atoms with Crippen LogP contribution in [0.3, 0.4) is 0 Å². The first-order valence-electron chi connectivity index (χ1n) is 6.25. The van der Waals surface area contributed by atoms with Crippen molar-refractivity contribution in [1.29, 1.82) is 0 Å². The molecular formula is C15H15NO4. The molecule has 5 nitrogen and oxygen atoms in total. The number of rotatable bonds is 4. The number of amides is 1. The van der Waals surface area contributed by atoms with Crippen LogP contribution in [0.15, 0.2) is 41.0 Å². The standard InChI is InChI=1S/C15H15NO4/c1-3-19-15(18)12-6-4-5-7-13(12)16-14(17)11-8-9-20-10(11)2/h4-9H,3H2,1-2H3,(H,16,17). The van der Waals surface area contributed by atoms with Gasteiger partial charge in [0.15, 0.2) is 0 Å². The van der Waals surface area contributed by atoms with Gasteiger partial charge >= 0.3 is 5.97 Å². The SMILES string of the molecule is CCOC(=O)c1ccccc1NC(=O)c1ccoc1C. The Hall–Kier alpha value is -2.56. The van der Waals surface area contributed by atoms with Crippen molar-refractivity contribution in [2.45, 2.75) is 13.8 Å². The van der Waals surface area contributed by atoms with Gasteiger partial charge < -0.3 is 14.5 Å². The summed E-state index contributed by atoms with van der Waals surface area (Å²) in [5.74, 6) is -0.267. The molecular weight excluding hydrogens is 258 g/mol. The molecule has 1 aromatic carbocycles. The second-order valence-corrected chi connectivity index (χ2v) is 4.11. The number of hydrogen-bond donors (Lipinski definition) is 1. The summed E-state index contributed by atoms with van der Waals surface area (Å²) in [5, 5.41) is 2.69. The monoisotopic (exact) mass is 273 g/mol. The molecule has 0 bridgehead atoms. The van der Waals surface area contributed by atoms with Crippen LogP contribution >= 0.6 is 0 Å². The number of ether oxygens (including phenoxy) is 1. The Labute approximate surface area is 116 Å². The van der Waals surface area contributed by atoms with Crippen molar-refractivity contribution < 1.29 is 18.7 Å². The van der Waals surface area contributed by atoms with Gasteiger partial charge in [-0.05, 0) is 32.0 Å². The summed E-state index contributed by atoms with van der Waals surface area (Å²) in [7, 11) is 0. The first-order chi connectivity index (χ1) is 9.63. The molecule has 5 heteroatoms. The minimum atomic E-state index is -0.465. The van der Waals surface area contributed by atoms with Crippen molar-refractivity contribution >= 4 is 17.6 Å². The van der Waals surface area contributed by atoms with Gasteiger partial charge in [0.1, 0.15) is 5.76 Å². The summed E-state index contributed by atoms with van der Waals surface area (Å²) >= 11 is 0. The quantitative estimate of drug-likeness (QED) is 0.869. The second kappa shape index (κ2) is 6.06. The van der Waals surface area contributed by atoms with Gasteiger partial charge in [0.05, 0.1) is 29.7 Å². The number of furan rings is 1. The average Bonchev–Trinajstić information content (AvgIpc) is 2.86. The van der Waals surface area contributed by atoms with Crippen molar-refractivity contribution in [3.63, 3.8) is 0 Å². The van der Waals surface area contributed by atoms with E-state index in [1.54, 1.807) is 44.2 Å². The van der Waals surface area contributed by atoms with Crippen molar-refractivity contribution in [2.24, 2.45) is 0 Å². The molecule has 0 spiro atoms. The molecule has 0 unspecified atom stereocenters. The summed E-state index contributed by atoms with van der Waals surface area (Å²) in [4.78, 5) is 23.9. The molecule has 0 aliphatic heterocycles. The molecule has 104 valence electrons. The fourth-order valence-electron chi connectivity index (χ4n) is 1.79. The molecule has 2 aromatic rings. The molecule has 1 aromatic heterocycles. The van der Waals surface area contributed by atoms with Gasteiger partial charge in [-0.1, -0.05) is 12.1 Å². The van der Waals surface area contributed by atoms with Crippen LogP contribution in [0.25, 0.3) is 0 Å². The molecule has 1 heterocycles. The van der Waals surface area contributed by atoms with Crippen LogP contribution in [0.5, 0.6) is 0 Å². The third-order valence-electron chi connectivity index (χ3n) is 2.77. The number of carbonyl (C=O) groups is 2. The number of esters is 1. The van der Waals surface area contributed by atoms with Crippen LogP contribution in [0.1, 0.15) is 33.4 Å². The van der Waals surface area contributed by atoms with Crippen LogP contribution in [0.4, 0.5) is 5.69 Å². The Bertz CT molecular complexity index is 630. The van der Waals surface area contributed by atoms with Gasteiger partial charge in [0, 0.05) is 0 Å². The van der Waals surface area contributed by atoms with Crippen molar-refractivity contribution in [2.75, 3.05) is 11.9 Å². The lowest BCUT2D eigenvalue weighted by Crippen LogP contribution is -2.16. The van der Waals surface area contributed by atoms with Crippen LogP contribution < -0.4 is 5.32 Å². The van der Waals surface area contributed by atoms with E-state index in [0.29, 0.717) is 22.6 Å². The normalized spacial score (nSPS) is 10.1. The predicted molar refractivity (Wildman–Crippen MR) is 73.8 cm³/mol. The molecule has 0 fully saturated rings. The number of hydrogen-bond acceptors (Lipinski definition) is 4. The van der Waals surface area contributed by atoms with Crippen molar-refractivity contribution in [1.82, 2.24) is 0 Å². The van der Waals surface area contributed by atoms with E-state index in [0.717, 1.165) is 0 Å². The summed E-state index contributed by atoms with van der Waals surface area (Å²) in [6.07, 6.45) is 1.45. The van der Waals surface area contributed by atoms with E-state index in [-0.39, 0.29) is 12.5 Å². The maximum absolute atomic E-state index is 12.1. The highest BCUT2D eigenvalue weighted by atomic mass is 16.5. The average molecular weight is 273 g/mol. The Morgan fingerprint density at radius 1 is 1.20 bits per heavy atom. The third-order valence-corrected chi connectivity index (χ3v) is 2.77. The van der Waals surface area contributed by atoms with Gasteiger partial charge in [-0.2, -0.15) is 0 Å². The zero-order valence-electron chi connectivity index (χ0n) is 11.3. The predicted octanol–water partition coefficient (Wildman–Crippen LogP) is 3.02. The van der Waals surface area contributed by atoms with Gasteiger partial charge in [-0.25, -0.2) is 4.79 Å². The highest BCUT2D eigenvalue weighted by Gasteiger charge is 2.16. The first-order valence-corrected chi connectivity index (χ1v) is 6.25. The van der Waals surface area contributed by atoms with Gasteiger partial charge in [0.2, 0.25) is 0 Å². The van der Waals surface area contributed by atoms with Crippen LogP contribution in [0.2, 0.25) is 0 Å². The van der Waals surface area contributed by atoms with Crippen LogP contribution in [0, 0.1) is 6.92 Å². The Morgan fingerprint density at radius 2 is 1.95 bits per heavy atom. The Kier molecular flexibility index (Phi) is 4.20. The molecule has 0 saturated heterocycles. The summed E-state index contributed by atoms with van der Waals surface area (Å²) < 4.78 is 10.0. The number of benzene rings is 1.